The van der Waals surface area contributed by atoms with Crippen molar-refractivity contribution in [1.82, 2.24) is 24.6 Å². The Balaban J connectivity index is 1.53. The second-order valence-corrected chi connectivity index (χ2v) is 6.79. The molecule has 2 aromatic heterocycles. The number of aliphatic hydroxyl groups is 1. The van der Waals surface area contributed by atoms with Crippen LogP contribution in [-0.4, -0.2) is 54.9 Å². The summed E-state index contributed by atoms with van der Waals surface area (Å²) in [4.78, 5) is 18.4. The van der Waals surface area contributed by atoms with E-state index >= 15 is 0 Å². The molecule has 0 aliphatic carbocycles. The molecule has 0 radical (unpaired) electrons. The van der Waals surface area contributed by atoms with E-state index in [1.54, 1.807) is 12.5 Å². The van der Waals surface area contributed by atoms with E-state index < -0.39 is 6.10 Å². The number of nitrogens with zero attached hydrogens (tertiary/aromatic N) is 5. The summed E-state index contributed by atoms with van der Waals surface area (Å²) in [6, 6.07) is -0.0372. The number of carbonyl (C=O) groups is 1. The van der Waals surface area contributed by atoms with Crippen molar-refractivity contribution in [2.75, 3.05) is 13.1 Å². The summed E-state index contributed by atoms with van der Waals surface area (Å²) in [5, 5.41) is 18.3. The molecule has 1 aliphatic rings. The molecule has 136 valence electrons. The number of hydrogen-bond acceptors (Lipinski definition) is 6. The molecule has 1 aliphatic heterocycles. The Labute approximate surface area is 146 Å². The normalized spacial score (nSPS) is 21.5. The van der Waals surface area contributed by atoms with Gasteiger partial charge in [-0.15, -0.1) is 10.2 Å². The largest absolute Gasteiger partial charge is 0.425 e. The van der Waals surface area contributed by atoms with Gasteiger partial charge in [-0.05, 0) is 12.8 Å². The van der Waals surface area contributed by atoms with Crippen molar-refractivity contribution in [2.24, 2.45) is 0 Å². The van der Waals surface area contributed by atoms with Gasteiger partial charge >= 0.3 is 0 Å². The van der Waals surface area contributed by atoms with Gasteiger partial charge in [0, 0.05) is 44.2 Å². The van der Waals surface area contributed by atoms with Crippen LogP contribution < -0.4 is 0 Å². The minimum Gasteiger partial charge on any atom is -0.425 e. The molecule has 1 amide bonds. The van der Waals surface area contributed by atoms with E-state index in [0.717, 1.165) is 0 Å². The third-order valence-electron chi connectivity index (χ3n) is 4.62. The van der Waals surface area contributed by atoms with Crippen molar-refractivity contribution in [1.29, 1.82) is 0 Å². The van der Waals surface area contributed by atoms with Gasteiger partial charge in [-0.2, -0.15) is 0 Å². The van der Waals surface area contributed by atoms with Crippen molar-refractivity contribution < 1.29 is 14.3 Å². The molecule has 3 heterocycles. The lowest BCUT2D eigenvalue weighted by Crippen LogP contribution is -2.32. The highest BCUT2D eigenvalue weighted by Crippen LogP contribution is 2.23. The Bertz CT molecular complexity index is 682. The first-order valence-electron chi connectivity index (χ1n) is 8.80. The van der Waals surface area contributed by atoms with Crippen LogP contribution in [0.5, 0.6) is 0 Å². The highest BCUT2D eigenvalue weighted by Gasteiger charge is 2.27. The number of aryl methyl sites for hydroxylation is 1. The molecule has 0 saturated carbocycles. The number of carbonyl (C=O) groups excluding carboxylic acids is 1. The van der Waals surface area contributed by atoms with Gasteiger partial charge in [0.25, 0.3) is 0 Å². The fourth-order valence-corrected chi connectivity index (χ4v) is 3.11. The highest BCUT2D eigenvalue weighted by molar-refractivity contribution is 5.76. The summed E-state index contributed by atoms with van der Waals surface area (Å²) in [5.74, 6) is 1.35. The van der Waals surface area contributed by atoms with Crippen molar-refractivity contribution in [3.05, 3.63) is 30.5 Å². The number of aliphatic hydroxyl groups excluding tert-OH is 1. The summed E-state index contributed by atoms with van der Waals surface area (Å²) in [6.45, 7) is 5.16. The van der Waals surface area contributed by atoms with Crippen molar-refractivity contribution >= 4 is 5.91 Å². The van der Waals surface area contributed by atoms with Gasteiger partial charge in [-0.25, -0.2) is 4.98 Å². The van der Waals surface area contributed by atoms with E-state index in [4.69, 9.17) is 4.42 Å². The van der Waals surface area contributed by atoms with Crippen LogP contribution in [0.2, 0.25) is 0 Å². The van der Waals surface area contributed by atoms with Gasteiger partial charge in [-0.1, -0.05) is 13.8 Å². The minimum absolute atomic E-state index is 0.0372. The molecule has 1 fully saturated rings. The van der Waals surface area contributed by atoms with Crippen LogP contribution in [0.1, 0.15) is 56.9 Å². The molecule has 1 N–H and O–H groups in total. The number of hydrogen-bond donors (Lipinski definition) is 1. The van der Waals surface area contributed by atoms with Crippen LogP contribution in [0.25, 0.3) is 0 Å². The van der Waals surface area contributed by atoms with Crippen LogP contribution in [0, 0.1) is 0 Å². The molecule has 0 spiro atoms. The predicted octanol–water partition coefficient (Wildman–Crippen LogP) is 1.55. The van der Waals surface area contributed by atoms with E-state index in [2.05, 4.69) is 15.2 Å². The lowest BCUT2D eigenvalue weighted by molar-refractivity contribution is -0.131. The van der Waals surface area contributed by atoms with Crippen LogP contribution in [0.15, 0.2) is 23.1 Å². The zero-order chi connectivity index (χ0) is 17.8. The van der Waals surface area contributed by atoms with Gasteiger partial charge in [0.2, 0.25) is 17.7 Å². The lowest BCUT2D eigenvalue weighted by atomic mass is 10.1. The maximum Gasteiger partial charge on any atom is 0.223 e. The fourth-order valence-electron chi connectivity index (χ4n) is 3.11. The summed E-state index contributed by atoms with van der Waals surface area (Å²) in [7, 11) is 0. The van der Waals surface area contributed by atoms with Crippen LogP contribution in [0.4, 0.5) is 0 Å². The van der Waals surface area contributed by atoms with Crippen LogP contribution in [-0.2, 0) is 11.2 Å². The Hall–Kier alpha value is -2.22. The van der Waals surface area contributed by atoms with Crippen molar-refractivity contribution in [3.63, 3.8) is 0 Å². The summed E-state index contributed by atoms with van der Waals surface area (Å²) >= 11 is 0. The van der Waals surface area contributed by atoms with Gasteiger partial charge in [0.05, 0.1) is 18.5 Å². The van der Waals surface area contributed by atoms with Crippen LogP contribution in [0.3, 0.4) is 0 Å². The summed E-state index contributed by atoms with van der Waals surface area (Å²) < 4.78 is 7.47. The van der Waals surface area contributed by atoms with Crippen molar-refractivity contribution in [3.8, 4) is 0 Å². The third-order valence-corrected chi connectivity index (χ3v) is 4.62. The molecular formula is C17H25N5O3. The van der Waals surface area contributed by atoms with E-state index in [9.17, 15) is 9.90 Å². The first kappa shape index (κ1) is 17.6. The zero-order valence-corrected chi connectivity index (χ0v) is 14.7. The maximum atomic E-state index is 12.5. The third kappa shape index (κ3) is 4.25. The van der Waals surface area contributed by atoms with Gasteiger partial charge in [0.1, 0.15) is 0 Å². The van der Waals surface area contributed by atoms with Crippen molar-refractivity contribution in [2.45, 2.75) is 57.6 Å². The molecule has 3 rings (SSSR count). The Morgan fingerprint density at radius 3 is 2.84 bits per heavy atom. The molecule has 2 atom stereocenters. The van der Waals surface area contributed by atoms with E-state index in [-0.39, 0.29) is 17.9 Å². The molecule has 2 aromatic rings. The monoisotopic (exact) mass is 347 g/mol. The average molecular weight is 347 g/mol. The highest BCUT2D eigenvalue weighted by atomic mass is 16.4. The number of likely N-dealkylation sites (tertiary alicyclic amines) is 1. The molecular weight excluding hydrogens is 322 g/mol. The Kier molecular flexibility index (Phi) is 5.47. The number of aromatic nitrogens is 4. The smallest absolute Gasteiger partial charge is 0.223 e. The van der Waals surface area contributed by atoms with Gasteiger partial charge in [-0.3, -0.25) is 4.79 Å². The minimum atomic E-state index is -0.475. The number of imidazole rings is 1. The summed E-state index contributed by atoms with van der Waals surface area (Å²) in [6.07, 6.45) is 6.86. The van der Waals surface area contributed by atoms with Gasteiger partial charge in [0.15, 0.2) is 0 Å². The molecule has 0 bridgehead atoms. The first-order valence-corrected chi connectivity index (χ1v) is 8.80. The number of rotatable bonds is 5. The Morgan fingerprint density at radius 1 is 1.36 bits per heavy atom. The molecule has 8 heteroatoms. The van der Waals surface area contributed by atoms with Gasteiger partial charge < -0.3 is 19.0 Å². The fraction of sp³-hybridized carbons (Fsp3) is 0.647. The molecule has 25 heavy (non-hydrogen) atoms. The molecule has 1 saturated heterocycles. The predicted molar refractivity (Wildman–Crippen MR) is 89.8 cm³/mol. The quantitative estimate of drug-likeness (QED) is 0.881. The second kappa shape index (κ2) is 7.77. The Morgan fingerprint density at radius 2 is 2.16 bits per heavy atom. The number of amides is 1. The topological polar surface area (TPSA) is 97.3 Å². The SMILES string of the molecule is CC(C)c1nnc(CCC(=O)N2CC[C@H](O)[C@@H](n3ccnc3)CC2)o1. The first-order chi connectivity index (χ1) is 12.0. The second-order valence-electron chi connectivity index (χ2n) is 6.79. The van der Waals surface area contributed by atoms with Crippen LogP contribution >= 0.6 is 0 Å². The van der Waals surface area contributed by atoms with E-state index in [1.165, 1.54) is 0 Å². The molecule has 0 aromatic carbocycles. The molecule has 8 nitrogen and oxygen atoms in total. The van der Waals surface area contributed by atoms with E-state index in [1.807, 2.05) is 29.5 Å². The molecule has 0 unspecified atom stereocenters. The lowest BCUT2D eigenvalue weighted by Gasteiger charge is -2.21. The van der Waals surface area contributed by atoms with E-state index in [0.29, 0.717) is 50.6 Å². The summed E-state index contributed by atoms with van der Waals surface area (Å²) in [5.41, 5.74) is 0. The maximum absolute atomic E-state index is 12.5. The standard InChI is InChI=1S/C17H25N5O3/c1-12(2)17-20-19-15(25-17)3-4-16(24)21-8-5-13(14(23)6-9-21)22-10-7-18-11-22/h7,10-14,23H,3-6,8-9H2,1-2H3/t13-,14-/m0/s1. The average Bonchev–Trinajstić information content (AvgIpc) is 3.24. The zero-order valence-electron chi connectivity index (χ0n) is 14.7.